The van der Waals surface area contributed by atoms with E-state index in [1.54, 1.807) is 24.3 Å². The molecule has 0 atom stereocenters. The number of para-hydroxylation sites is 1. The molecule has 29 heavy (non-hydrogen) atoms. The Hall–Kier alpha value is -2.84. The van der Waals surface area contributed by atoms with Crippen molar-refractivity contribution in [3.63, 3.8) is 0 Å². The lowest BCUT2D eigenvalue weighted by molar-refractivity contribution is 0.0948. The van der Waals surface area contributed by atoms with Crippen molar-refractivity contribution >= 4 is 50.9 Å². The van der Waals surface area contributed by atoms with Crippen molar-refractivity contribution in [1.82, 2.24) is 15.5 Å². The molecule has 0 aliphatic rings. The molecular weight excluding hydrogens is 458 g/mol. The molecule has 2 aromatic carbocycles. The van der Waals surface area contributed by atoms with Crippen molar-refractivity contribution in [1.29, 1.82) is 0 Å². The van der Waals surface area contributed by atoms with Crippen LogP contribution in [0.25, 0.3) is 0 Å². The molecule has 3 aromatic rings. The fourth-order valence-electron chi connectivity index (χ4n) is 2.62. The van der Waals surface area contributed by atoms with Crippen molar-refractivity contribution in [2.24, 2.45) is 0 Å². The summed E-state index contributed by atoms with van der Waals surface area (Å²) >= 11 is 9.36. The third-order valence-corrected chi connectivity index (χ3v) is 5.31. The van der Waals surface area contributed by atoms with Crippen molar-refractivity contribution in [3.05, 3.63) is 75.4 Å². The Kier molecular flexibility index (Phi) is 6.90. The Balaban J connectivity index is 1.58. The number of aromatic nitrogens is 2. The summed E-state index contributed by atoms with van der Waals surface area (Å²) < 4.78 is 0.367. The quantitative estimate of drug-likeness (QED) is 0.482. The maximum atomic E-state index is 12.4. The minimum Gasteiger partial charge on any atom is -0.373 e. The van der Waals surface area contributed by atoms with Crippen molar-refractivity contribution in [3.8, 4) is 0 Å². The number of benzene rings is 2. The van der Waals surface area contributed by atoms with Crippen LogP contribution in [0.2, 0.25) is 5.02 Å². The summed E-state index contributed by atoms with van der Waals surface area (Å²) in [6.07, 6.45) is 0. The lowest BCUT2D eigenvalue weighted by Gasteiger charge is -2.19. The number of H-pyrrole nitrogens is 1. The van der Waals surface area contributed by atoms with Gasteiger partial charge in [0.25, 0.3) is 11.8 Å². The molecule has 0 aliphatic heterocycles. The van der Waals surface area contributed by atoms with Gasteiger partial charge in [0.1, 0.15) is 5.82 Å². The lowest BCUT2D eigenvalue weighted by Crippen LogP contribution is -2.33. The van der Waals surface area contributed by atoms with Crippen LogP contribution in [0, 0.1) is 0 Å². The largest absolute Gasteiger partial charge is 0.373 e. The first kappa shape index (κ1) is 20.9. The molecule has 9 heteroatoms. The number of likely N-dealkylation sites (N-methyl/N-ethyl adjacent to an activating group) is 1. The number of amides is 2. The fourth-order valence-corrected chi connectivity index (χ4v) is 3.30. The smallest absolute Gasteiger partial charge is 0.273 e. The van der Waals surface area contributed by atoms with Gasteiger partial charge in [0.05, 0.1) is 15.1 Å². The molecule has 1 aromatic heterocycles. The highest BCUT2D eigenvalue weighted by molar-refractivity contribution is 9.10. The second kappa shape index (κ2) is 9.58. The summed E-state index contributed by atoms with van der Waals surface area (Å²) in [6.45, 7) is 1.07. The number of anilines is 2. The topological polar surface area (TPSA) is 90.1 Å². The van der Waals surface area contributed by atoms with Gasteiger partial charge in [-0.1, -0.05) is 41.9 Å². The molecule has 0 radical (unpaired) electrons. The van der Waals surface area contributed by atoms with E-state index in [0.29, 0.717) is 28.1 Å². The first-order valence-corrected chi connectivity index (χ1v) is 9.98. The van der Waals surface area contributed by atoms with Gasteiger partial charge < -0.3 is 15.5 Å². The van der Waals surface area contributed by atoms with E-state index in [4.69, 9.17) is 11.6 Å². The maximum absolute atomic E-state index is 12.4. The van der Waals surface area contributed by atoms with E-state index in [-0.39, 0.29) is 17.4 Å². The lowest BCUT2D eigenvalue weighted by atomic mass is 10.2. The van der Waals surface area contributed by atoms with E-state index in [2.05, 4.69) is 36.8 Å². The average molecular weight is 477 g/mol. The van der Waals surface area contributed by atoms with Crippen LogP contribution in [0.1, 0.15) is 20.8 Å². The van der Waals surface area contributed by atoms with E-state index < -0.39 is 5.91 Å². The molecule has 3 rings (SSSR count). The van der Waals surface area contributed by atoms with Gasteiger partial charge in [-0.05, 0) is 40.2 Å². The van der Waals surface area contributed by atoms with Crippen LogP contribution in [0.3, 0.4) is 0 Å². The van der Waals surface area contributed by atoms with Crippen LogP contribution in [0.4, 0.5) is 11.5 Å². The zero-order valence-corrected chi connectivity index (χ0v) is 17.9. The number of carbonyl (C=O) groups excluding carboxylic acids is 2. The second-order valence-electron chi connectivity index (χ2n) is 6.21. The van der Waals surface area contributed by atoms with Crippen LogP contribution >= 0.6 is 27.5 Å². The van der Waals surface area contributed by atoms with Gasteiger partial charge in [-0.25, -0.2) is 0 Å². The SMILES string of the molecule is CN(CCNC(=O)c1n[nH]c(NC(=O)c2ccccc2Cl)c1Br)c1ccccc1. The highest BCUT2D eigenvalue weighted by Crippen LogP contribution is 2.25. The zero-order chi connectivity index (χ0) is 20.8. The van der Waals surface area contributed by atoms with Gasteiger partial charge in [0, 0.05) is 25.8 Å². The van der Waals surface area contributed by atoms with Gasteiger partial charge >= 0.3 is 0 Å². The van der Waals surface area contributed by atoms with Crippen molar-refractivity contribution in [2.45, 2.75) is 0 Å². The van der Waals surface area contributed by atoms with E-state index in [1.807, 2.05) is 42.3 Å². The van der Waals surface area contributed by atoms with Gasteiger partial charge in [-0.15, -0.1) is 0 Å². The molecule has 7 nitrogen and oxygen atoms in total. The molecule has 0 saturated carbocycles. The first-order chi connectivity index (χ1) is 14.0. The van der Waals surface area contributed by atoms with Crippen molar-refractivity contribution in [2.75, 3.05) is 30.4 Å². The summed E-state index contributed by atoms with van der Waals surface area (Å²) in [5.74, 6) is -0.481. The van der Waals surface area contributed by atoms with Crippen LogP contribution in [0.5, 0.6) is 0 Å². The molecule has 0 spiro atoms. The monoisotopic (exact) mass is 475 g/mol. The van der Waals surface area contributed by atoms with Crippen LogP contribution in [-0.2, 0) is 0 Å². The van der Waals surface area contributed by atoms with Gasteiger partial charge in [-0.2, -0.15) is 5.10 Å². The Morgan fingerprint density at radius 2 is 1.79 bits per heavy atom. The van der Waals surface area contributed by atoms with Crippen LogP contribution in [0.15, 0.2) is 59.1 Å². The highest BCUT2D eigenvalue weighted by Gasteiger charge is 2.20. The van der Waals surface area contributed by atoms with E-state index in [9.17, 15) is 9.59 Å². The molecule has 2 amide bonds. The Bertz CT molecular complexity index is 1010. The summed E-state index contributed by atoms with van der Waals surface area (Å²) in [6, 6.07) is 16.6. The van der Waals surface area contributed by atoms with Crippen LogP contribution in [-0.4, -0.2) is 42.1 Å². The second-order valence-corrected chi connectivity index (χ2v) is 7.41. The predicted molar refractivity (Wildman–Crippen MR) is 118 cm³/mol. The average Bonchev–Trinajstić information content (AvgIpc) is 3.09. The predicted octanol–water partition coefficient (Wildman–Crippen LogP) is 3.94. The van der Waals surface area contributed by atoms with Gasteiger partial charge in [0.2, 0.25) is 0 Å². The Morgan fingerprint density at radius 1 is 1.10 bits per heavy atom. The standard InChI is InChI=1S/C20H19BrClN5O2/c1-27(13-7-3-2-4-8-13)12-11-23-20(29)17-16(21)18(26-25-17)24-19(28)14-9-5-6-10-15(14)22/h2-10H,11-12H2,1H3,(H,23,29)(H2,24,25,26,28). The van der Waals surface area contributed by atoms with E-state index in [1.165, 1.54) is 0 Å². The Morgan fingerprint density at radius 3 is 2.52 bits per heavy atom. The molecule has 0 bridgehead atoms. The number of carbonyl (C=O) groups is 2. The third kappa shape index (κ3) is 5.16. The number of rotatable bonds is 7. The van der Waals surface area contributed by atoms with Crippen LogP contribution < -0.4 is 15.5 Å². The summed E-state index contributed by atoms with van der Waals surface area (Å²) in [4.78, 5) is 26.8. The van der Waals surface area contributed by atoms with E-state index in [0.717, 1.165) is 5.69 Å². The number of aromatic amines is 1. The molecular formula is C20H19BrClN5O2. The summed E-state index contributed by atoms with van der Waals surface area (Å²) in [5, 5.41) is 12.5. The molecule has 150 valence electrons. The highest BCUT2D eigenvalue weighted by atomic mass is 79.9. The number of hydrogen-bond donors (Lipinski definition) is 3. The number of hydrogen-bond acceptors (Lipinski definition) is 4. The molecule has 1 heterocycles. The minimum atomic E-state index is -0.406. The molecule has 0 aliphatic carbocycles. The van der Waals surface area contributed by atoms with Gasteiger partial charge in [-0.3, -0.25) is 14.7 Å². The molecule has 3 N–H and O–H groups in total. The summed E-state index contributed by atoms with van der Waals surface area (Å²) in [7, 11) is 1.95. The number of nitrogens with zero attached hydrogens (tertiary/aromatic N) is 2. The number of halogens is 2. The fraction of sp³-hybridized carbons (Fsp3) is 0.150. The molecule has 0 unspecified atom stereocenters. The zero-order valence-electron chi connectivity index (χ0n) is 15.6. The van der Waals surface area contributed by atoms with Gasteiger partial charge in [0.15, 0.2) is 5.69 Å². The minimum absolute atomic E-state index is 0.154. The normalized spacial score (nSPS) is 10.4. The van der Waals surface area contributed by atoms with E-state index >= 15 is 0 Å². The Labute approximate surface area is 181 Å². The molecule has 0 saturated heterocycles. The summed E-state index contributed by atoms with van der Waals surface area (Å²) in [5.41, 5.74) is 1.54. The molecule has 0 fully saturated rings. The maximum Gasteiger partial charge on any atom is 0.273 e. The van der Waals surface area contributed by atoms with Crippen molar-refractivity contribution < 1.29 is 9.59 Å². The first-order valence-electron chi connectivity index (χ1n) is 8.81. The number of nitrogens with one attached hydrogen (secondary N) is 3. The third-order valence-electron chi connectivity index (χ3n) is 4.21.